The summed E-state index contributed by atoms with van der Waals surface area (Å²) < 4.78 is 7.34. The van der Waals surface area contributed by atoms with Gasteiger partial charge in [0.2, 0.25) is 5.91 Å². The number of hydrogen-bond acceptors (Lipinski definition) is 4. The first kappa shape index (κ1) is 14.5. The molecule has 21 heavy (non-hydrogen) atoms. The van der Waals surface area contributed by atoms with Crippen LogP contribution in [-0.2, 0) is 16.6 Å². The highest BCUT2D eigenvalue weighted by Gasteiger charge is 2.27. The highest BCUT2D eigenvalue weighted by molar-refractivity contribution is 5.76. The van der Waals surface area contributed by atoms with Gasteiger partial charge in [-0.15, -0.1) is 10.2 Å². The molecule has 3 heterocycles. The lowest BCUT2D eigenvalue weighted by Crippen LogP contribution is -2.39. The standard InChI is InChI=1S/C15H24N4O2/c1-18-11-16-17-15(18)13-2-6-19(7-3-13)14(20)10-12-4-8-21-9-5-12/h11-13H,2-10H2,1H3. The van der Waals surface area contributed by atoms with Crippen LogP contribution in [-0.4, -0.2) is 51.9 Å². The molecule has 0 radical (unpaired) electrons. The van der Waals surface area contributed by atoms with Crippen molar-refractivity contribution in [2.24, 2.45) is 13.0 Å². The first-order valence-corrected chi connectivity index (χ1v) is 7.93. The van der Waals surface area contributed by atoms with E-state index in [1.807, 2.05) is 16.5 Å². The van der Waals surface area contributed by atoms with Crippen molar-refractivity contribution in [3.8, 4) is 0 Å². The number of ether oxygens (including phenoxy) is 1. The van der Waals surface area contributed by atoms with Gasteiger partial charge in [-0.2, -0.15) is 0 Å². The topological polar surface area (TPSA) is 60.2 Å². The number of aryl methyl sites for hydroxylation is 1. The summed E-state index contributed by atoms with van der Waals surface area (Å²) in [6.07, 6.45) is 6.48. The van der Waals surface area contributed by atoms with Crippen LogP contribution in [0.3, 0.4) is 0 Å². The van der Waals surface area contributed by atoms with Crippen LogP contribution in [0.4, 0.5) is 0 Å². The minimum absolute atomic E-state index is 0.318. The highest BCUT2D eigenvalue weighted by Crippen LogP contribution is 2.27. The number of carbonyl (C=O) groups excluding carboxylic acids is 1. The van der Waals surface area contributed by atoms with Crippen LogP contribution in [0.25, 0.3) is 0 Å². The first-order valence-electron chi connectivity index (χ1n) is 7.93. The smallest absolute Gasteiger partial charge is 0.222 e. The number of nitrogens with zero attached hydrogens (tertiary/aromatic N) is 4. The Morgan fingerprint density at radius 2 is 2.00 bits per heavy atom. The Balaban J connectivity index is 1.48. The molecule has 0 spiro atoms. The molecule has 2 saturated heterocycles. The van der Waals surface area contributed by atoms with Crippen LogP contribution in [0.1, 0.15) is 43.8 Å². The predicted octanol–water partition coefficient (Wildman–Crippen LogP) is 1.34. The summed E-state index contributed by atoms with van der Waals surface area (Å²) in [6.45, 7) is 3.32. The van der Waals surface area contributed by atoms with E-state index in [0.29, 0.717) is 24.2 Å². The molecule has 0 aromatic carbocycles. The fourth-order valence-electron chi connectivity index (χ4n) is 3.38. The van der Waals surface area contributed by atoms with Gasteiger partial charge in [0.15, 0.2) is 0 Å². The van der Waals surface area contributed by atoms with Crippen LogP contribution in [0, 0.1) is 5.92 Å². The lowest BCUT2D eigenvalue weighted by molar-refractivity contribution is -0.134. The molecule has 0 aliphatic carbocycles. The van der Waals surface area contributed by atoms with Gasteiger partial charge >= 0.3 is 0 Å². The van der Waals surface area contributed by atoms with Crippen molar-refractivity contribution in [2.75, 3.05) is 26.3 Å². The highest BCUT2D eigenvalue weighted by atomic mass is 16.5. The number of aromatic nitrogens is 3. The predicted molar refractivity (Wildman–Crippen MR) is 77.7 cm³/mol. The molecule has 0 N–H and O–H groups in total. The Bertz CT molecular complexity index is 474. The zero-order valence-electron chi connectivity index (χ0n) is 12.7. The van der Waals surface area contributed by atoms with E-state index in [0.717, 1.165) is 57.8 Å². The van der Waals surface area contributed by atoms with E-state index in [-0.39, 0.29) is 0 Å². The van der Waals surface area contributed by atoms with Gasteiger partial charge in [0.05, 0.1) is 0 Å². The van der Waals surface area contributed by atoms with E-state index in [1.165, 1.54) is 0 Å². The maximum absolute atomic E-state index is 12.4. The average Bonchev–Trinajstić information content (AvgIpc) is 2.94. The van der Waals surface area contributed by atoms with Gasteiger partial charge in [-0.1, -0.05) is 0 Å². The van der Waals surface area contributed by atoms with Gasteiger partial charge in [-0.3, -0.25) is 4.79 Å². The van der Waals surface area contributed by atoms with Gasteiger partial charge in [-0.05, 0) is 31.6 Å². The molecule has 3 rings (SSSR count). The minimum atomic E-state index is 0.318. The van der Waals surface area contributed by atoms with E-state index in [2.05, 4.69) is 10.2 Å². The molecule has 1 aromatic heterocycles. The molecule has 6 nitrogen and oxygen atoms in total. The summed E-state index contributed by atoms with van der Waals surface area (Å²) in [6, 6.07) is 0. The molecule has 6 heteroatoms. The number of rotatable bonds is 3. The van der Waals surface area contributed by atoms with Crippen LogP contribution >= 0.6 is 0 Å². The van der Waals surface area contributed by atoms with Gasteiger partial charge in [0.25, 0.3) is 0 Å². The second-order valence-corrected chi connectivity index (χ2v) is 6.21. The van der Waals surface area contributed by atoms with E-state index >= 15 is 0 Å². The maximum Gasteiger partial charge on any atom is 0.222 e. The summed E-state index contributed by atoms with van der Waals surface area (Å²) in [5, 5.41) is 8.15. The zero-order chi connectivity index (χ0) is 14.7. The molecule has 116 valence electrons. The van der Waals surface area contributed by atoms with Gasteiger partial charge in [-0.25, -0.2) is 0 Å². The number of likely N-dealkylation sites (tertiary alicyclic amines) is 1. The summed E-state index contributed by atoms with van der Waals surface area (Å²) in [4.78, 5) is 14.4. The maximum atomic E-state index is 12.4. The summed E-state index contributed by atoms with van der Waals surface area (Å²) in [7, 11) is 1.98. The van der Waals surface area contributed by atoms with Crippen molar-refractivity contribution in [3.05, 3.63) is 12.2 Å². The summed E-state index contributed by atoms with van der Waals surface area (Å²) in [5.41, 5.74) is 0. The third-order valence-corrected chi connectivity index (χ3v) is 4.76. The molecule has 0 bridgehead atoms. The molecule has 1 aromatic rings. The lowest BCUT2D eigenvalue weighted by Gasteiger charge is -2.33. The zero-order valence-corrected chi connectivity index (χ0v) is 12.7. The largest absolute Gasteiger partial charge is 0.381 e. The van der Waals surface area contributed by atoms with Crippen molar-refractivity contribution in [3.63, 3.8) is 0 Å². The van der Waals surface area contributed by atoms with Crippen molar-refractivity contribution in [1.82, 2.24) is 19.7 Å². The van der Waals surface area contributed by atoms with E-state index in [4.69, 9.17) is 4.74 Å². The number of hydrogen-bond donors (Lipinski definition) is 0. The number of carbonyl (C=O) groups is 1. The molecule has 2 aliphatic heterocycles. The second-order valence-electron chi connectivity index (χ2n) is 6.21. The molecular weight excluding hydrogens is 268 g/mol. The van der Waals surface area contributed by atoms with Gasteiger partial charge in [0, 0.05) is 45.7 Å². The van der Waals surface area contributed by atoms with E-state index in [9.17, 15) is 4.79 Å². The SMILES string of the molecule is Cn1cnnc1C1CCN(C(=O)CC2CCOCC2)CC1. The second kappa shape index (κ2) is 6.56. The Kier molecular flexibility index (Phi) is 4.53. The van der Waals surface area contributed by atoms with Crippen LogP contribution in [0.5, 0.6) is 0 Å². The fourth-order valence-corrected chi connectivity index (χ4v) is 3.38. The lowest BCUT2D eigenvalue weighted by atomic mass is 9.93. The Morgan fingerprint density at radius 1 is 1.29 bits per heavy atom. The molecule has 0 unspecified atom stereocenters. The van der Waals surface area contributed by atoms with Crippen LogP contribution in [0.15, 0.2) is 6.33 Å². The van der Waals surface area contributed by atoms with Gasteiger partial charge in [0.1, 0.15) is 12.2 Å². The van der Waals surface area contributed by atoms with Gasteiger partial charge < -0.3 is 14.2 Å². The molecule has 0 atom stereocenters. The molecule has 0 saturated carbocycles. The quantitative estimate of drug-likeness (QED) is 0.843. The van der Waals surface area contributed by atoms with Crippen LogP contribution in [0.2, 0.25) is 0 Å². The molecule has 2 fully saturated rings. The first-order chi connectivity index (χ1) is 10.2. The Hall–Kier alpha value is -1.43. The summed E-state index contributed by atoms with van der Waals surface area (Å²) >= 11 is 0. The third-order valence-electron chi connectivity index (χ3n) is 4.76. The molecule has 1 amide bonds. The number of amides is 1. The van der Waals surface area contributed by atoms with E-state index in [1.54, 1.807) is 6.33 Å². The van der Waals surface area contributed by atoms with Crippen molar-refractivity contribution >= 4 is 5.91 Å². The van der Waals surface area contributed by atoms with Crippen molar-refractivity contribution in [1.29, 1.82) is 0 Å². The van der Waals surface area contributed by atoms with E-state index < -0.39 is 0 Å². The fraction of sp³-hybridized carbons (Fsp3) is 0.800. The molecule has 2 aliphatic rings. The average molecular weight is 292 g/mol. The molecular formula is C15H24N4O2. The van der Waals surface area contributed by atoms with Crippen molar-refractivity contribution in [2.45, 2.75) is 38.0 Å². The third kappa shape index (κ3) is 3.43. The van der Waals surface area contributed by atoms with Crippen molar-refractivity contribution < 1.29 is 9.53 Å². The normalized spacial score (nSPS) is 21.7. The Labute approximate surface area is 125 Å². The summed E-state index contributed by atoms with van der Waals surface area (Å²) in [5.74, 6) is 2.32. The minimum Gasteiger partial charge on any atom is -0.381 e. The monoisotopic (exact) mass is 292 g/mol. The number of piperidine rings is 1. The van der Waals surface area contributed by atoms with Crippen LogP contribution < -0.4 is 0 Å². The Morgan fingerprint density at radius 3 is 2.62 bits per heavy atom.